The van der Waals surface area contributed by atoms with Crippen molar-refractivity contribution in [1.29, 1.82) is 0 Å². The first-order valence-electron chi connectivity index (χ1n) is 9.17. The first-order chi connectivity index (χ1) is 13.5. The monoisotopic (exact) mass is 378 g/mol. The Labute approximate surface area is 162 Å². The number of para-hydroxylation sites is 2. The third kappa shape index (κ3) is 4.28. The van der Waals surface area contributed by atoms with Gasteiger partial charge in [-0.15, -0.1) is 0 Å². The first-order valence-corrected chi connectivity index (χ1v) is 9.17. The van der Waals surface area contributed by atoms with Crippen molar-refractivity contribution in [3.05, 3.63) is 76.1 Å². The SMILES string of the molecule is CCCN(CC(=O)Nc1ccccc1C)C(=O)c1cc2ccccc2oc1=O. The molecule has 0 radical (unpaired) electrons. The second-order valence-corrected chi connectivity index (χ2v) is 6.58. The molecule has 3 aromatic rings. The molecule has 28 heavy (non-hydrogen) atoms. The third-order valence-corrected chi connectivity index (χ3v) is 4.41. The number of nitrogens with one attached hydrogen (secondary N) is 1. The highest BCUT2D eigenvalue weighted by Crippen LogP contribution is 2.15. The molecule has 0 spiro atoms. The summed E-state index contributed by atoms with van der Waals surface area (Å²) in [5.41, 5.74) is 1.27. The molecule has 3 rings (SSSR count). The van der Waals surface area contributed by atoms with Crippen molar-refractivity contribution in [2.75, 3.05) is 18.4 Å². The molecule has 1 aromatic heterocycles. The van der Waals surface area contributed by atoms with Gasteiger partial charge in [0, 0.05) is 17.6 Å². The number of rotatable bonds is 6. The zero-order valence-corrected chi connectivity index (χ0v) is 15.9. The van der Waals surface area contributed by atoms with Crippen molar-refractivity contribution < 1.29 is 14.0 Å². The van der Waals surface area contributed by atoms with Crippen LogP contribution in [0.2, 0.25) is 0 Å². The molecule has 6 nitrogen and oxygen atoms in total. The third-order valence-electron chi connectivity index (χ3n) is 4.41. The van der Waals surface area contributed by atoms with Gasteiger partial charge in [0.15, 0.2) is 0 Å². The van der Waals surface area contributed by atoms with Crippen LogP contribution in [0.5, 0.6) is 0 Å². The number of benzene rings is 2. The molecular formula is C22H22N2O4. The van der Waals surface area contributed by atoms with Crippen LogP contribution < -0.4 is 10.9 Å². The summed E-state index contributed by atoms with van der Waals surface area (Å²) in [7, 11) is 0. The van der Waals surface area contributed by atoms with E-state index in [1.54, 1.807) is 30.3 Å². The molecule has 0 atom stereocenters. The lowest BCUT2D eigenvalue weighted by Gasteiger charge is -2.21. The second-order valence-electron chi connectivity index (χ2n) is 6.58. The quantitative estimate of drug-likeness (QED) is 0.665. The molecule has 0 bridgehead atoms. The smallest absolute Gasteiger partial charge is 0.349 e. The molecule has 0 aliphatic carbocycles. The lowest BCUT2D eigenvalue weighted by molar-refractivity contribution is -0.116. The van der Waals surface area contributed by atoms with Gasteiger partial charge in [-0.25, -0.2) is 4.79 Å². The van der Waals surface area contributed by atoms with E-state index >= 15 is 0 Å². The van der Waals surface area contributed by atoms with Gasteiger partial charge < -0.3 is 14.6 Å². The normalized spacial score (nSPS) is 10.6. The first kappa shape index (κ1) is 19.4. The summed E-state index contributed by atoms with van der Waals surface area (Å²) in [4.78, 5) is 39.1. The Hall–Kier alpha value is -3.41. The number of amides is 2. The van der Waals surface area contributed by atoms with Crippen LogP contribution in [0.25, 0.3) is 11.0 Å². The number of hydrogen-bond acceptors (Lipinski definition) is 4. The Morgan fingerprint density at radius 1 is 1.07 bits per heavy atom. The van der Waals surface area contributed by atoms with Crippen molar-refractivity contribution in [2.45, 2.75) is 20.3 Å². The van der Waals surface area contributed by atoms with E-state index < -0.39 is 11.5 Å². The molecular weight excluding hydrogens is 356 g/mol. The molecule has 0 saturated carbocycles. The van der Waals surface area contributed by atoms with E-state index in [2.05, 4.69) is 5.32 Å². The van der Waals surface area contributed by atoms with Crippen molar-refractivity contribution in [1.82, 2.24) is 4.90 Å². The van der Waals surface area contributed by atoms with Crippen LogP contribution in [0.1, 0.15) is 29.3 Å². The van der Waals surface area contributed by atoms with E-state index in [0.717, 1.165) is 5.56 Å². The predicted molar refractivity (Wildman–Crippen MR) is 108 cm³/mol. The van der Waals surface area contributed by atoms with Gasteiger partial charge in [0.2, 0.25) is 5.91 Å². The predicted octanol–water partition coefficient (Wildman–Crippen LogP) is 3.59. The average molecular weight is 378 g/mol. The minimum Gasteiger partial charge on any atom is -0.422 e. The Balaban J connectivity index is 1.82. The van der Waals surface area contributed by atoms with Crippen molar-refractivity contribution in [3.63, 3.8) is 0 Å². The number of carbonyl (C=O) groups excluding carboxylic acids is 2. The molecule has 1 heterocycles. The van der Waals surface area contributed by atoms with Gasteiger partial charge in [0.05, 0.1) is 0 Å². The van der Waals surface area contributed by atoms with Gasteiger partial charge in [-0.05, 0) is 37.1 Å². The molecule has 6 heteroatoms. The van der Waals surface area contributed by atoms with E-state index in [0.29, 0.717) is 29.6 Å². The summed E-state index contributed by atoms with van der Waals surface area (Å²) >= 11 is 0. The molecule has 2 amide bonds. The zero-order chi connectivity index (χ0) is 20.1. The molecule has 0 aliphatic heterocycles. The zero-order valence-electron chi connectivity index (χ0n) is 15.9. The Morgan fingerprint density at radius 3 is 2.54 bits per heavy atom. The fourth-order valence-corrected chi connectivity index (χ4v) is 2.98. The van der Waals surface area contributed by atoms with Gasteiger partial charge in [0.1, 0.15) is 17.7 Å². The number of aryl methyl sites for hydroxylation is 1. The number of fused-ring (bicyclic) bond motifs is 1. The molecule has 2 aromatic carbocycles. The lowest BCUT2D eigenvalue weighted by Crippen LogP contribution is -2.40. The molecule has 1 N–H and O–H groups in total. The number of nitrogens with zero attached hydrogens (tertiary/aromatic N) is 1. The number of carbonyl (C=O) groups is 2. The van der Waals surface area contributed by atoms with Crippen LogP contribution in [-0.2, 0) is 4.79 Å². The highest BCUT2D eigenvalue weighted by molar-refractivity contribution is 6.00. The molecule has 0 aliphatic rings. The summed E-state index contributed by atoms with van der Waals surface area (Å²) in [5, 5.41) is 3.47. The Morgan fingerprint density at radius 2 is 1.79 bits per heavy atom. The maximum Gasteiger partial charge on any atom is 0.349 e. The maximum atomic E-state index is 12.9. The van der Waals surface area contributed by atoms with E-state index in [9.17, 15) is 14.4 Å². The Kier molecular flexibility index (Phi) is 5.89. The Bertz CT molecular complexity index is 1070. The maximum absolute atomic E-state index is 12.9. The number of hydrogen-bond donors (Lipinski definition) is 1. The van der Waals surface area contributed by atoms with Gasteiger partial charge in [0.25, 0.3) is 5.91 Å². The van der Waals surface area contributed by atoms with E-state index in [-0.39, 0.29) is 18.0 Å². The van der Waals surface area contributed by atoms with Crippen LogP contribution in [0.4, 0.5) is 5.69 Å². The van der Waals surface area contributed by atoms with Crippen LogP contribution in [-0.4, -0.2) is 29.8 Å². The highest BCUT2D eigenvalue weighted by atomic mass is 16.4. The van der Waals surface area contributed by atoms with Gasteiger partial charge in [-0.2, -0.15) is 0 Å². The molecule has 0 unspecified atom stereocenters. The van der Waals surface area contributed by atoms with Crippen molar-refractivity contribution in [3.8, 4) is 0 Å². The summed E-state index contributed by atoms with van der Waals surface area (Å²) in [6, 6.07) is 15.9. The summed E-state index contributed by atoms with van der Waals surface area (Å²) in [5.74, 6) is -0.831. The average Bonchev–Trinajstić information content (AvgIpc) is 2.68. The molecule has 144 valence electrons. The topological polar surface area (TPSA) is 79.6 Å². The van der Waals surface area contributed by atoms with Gasteiger partial charge in [-0.1, -0.05) is 43.3 Å². The van der Waals surface area contributed by atoms with Crippen molar-refractivity contribution >= 4 is 28.5 Å². The number of anilines is 1. The minimum atomic E-state index is -0.705. The second kappa shape index (κ2) is 8.52. The van der Waals surface area contributed by atoms with Gasteiger partial charge in [-0.3, -0.25) is 9.59 Å². The standard InChI is InChI=1S/C22H22N2O4/c1-3-12-24(14-20(25)23-18-10-6-4-8-15(18)2)21(26)17-13-16-9-5-7-11-19(16)28-22(17)27/h4-11,13H,3,12,14H2,1-2H3,(H,23,25). The minimum absolute atomic E-state index is 0.0733. The largest absolute Gasteiger partial charge is 0.422 e. The molecule has 0 saturated heterocycles. The van der Waals surface area contributed by atoms with E-state index in [1.807, 2.05) is 32.0 Å². The summed E-state index contributed by atoms with van der Waals surface area (Å²) in [6.45, 7) is 4.01. The van der Waals surface area contributed by atoms with E-state index in [1.165, 1.54) is 11.0 Å². The summed E-state index contributed by atoms with van der Waals surface area (Å²) < 4.78 is 5.25. The lowest BCUT2D eigenvalue weighted by atomic mass is 10.1. The van der Waals surface area contributed by atoms with E-state index in [4.69, 9.17) is 4.42 Å². The van der Waals surface area contributed by atoms with Crippen LogP contribution in [0, 0.1) is 6.92 Å². The summed E-state index contributed by atoms with van der Waals surface area (Å²) in [6.07, 6.45) is 0.655. The van der Waals surface area contributed by atoms with Gasteiger partial charge >= 0.3 is 5.63 Å². The van der Waals surface area contributed by atoms with Crippen LogP contribution >= 0.6 is 0 Å². The fraction of sp³-hybridized carbons (Fsp3) is 0.227. The fourth-order valence-electron chi connectivity index (χ4n) is 2.98. The van der Waals surface area contributed by atoms with Crippen molar-refractivity contribution in [2.24, 2.45) is 0 Å². The molecule has 0 fully saturated rings. The van der Waals surface area contributed by atoms with Crippen LogP contribution in [0.3, 0.4) is 0 Å². The van der Waals surface area contributed by atoms with Crippen LogP contribution in [0.15, 0.2) is 63.8 Å². The highest BCUT2D eigenvalue weighted by Gasteiger charge is 2.22.